The fraction of sp³-hybridized carbons (Fsp3) is 0.600. The number of nitrogens with one attached hydrogen (secondary N) is 1. The average molecular weight is 251 g/mol. The lowest BCUT2D eigenvalue weighted by Crippen LogP contribution is -2.19. The summed E-state index contributed by atoms with van der Waals surface area (Å²) >= 11 is 1.99. The second-order valence-corrected chi connectivity index (χ2v) is 6.03. The fourth-order valence-electron chi connectivity index (χ4n) is 1.72. The maximum atomic E-state index is 3.57. The van der Waals surface area contributed by atoms with Crippen molar-refractivity contribution in [2.45, 2.75) is 56.7 Å². The summed E-state index contributed by atoms with van der Waals surface area (Å²) in [6.45, 7) is 10.1. The molecule has 2 unspecified atom stereocenters. The van der Waals surface area contributed by atoms with Gasteiger partial charge in [-0.2, -0.15) is 0 Å². The number of hydrogen-bond acceptors (Lipinski definition) is 2. The van der Waals surface area contributed by atoms with Crippen LogP contribution in [0.1, 0.15) is 52.1 Å². The van der Waals surface area contributed by atoms with Crippen LogP contribution < -0.4 is 5.32 Å². The van der Waals surface area contributed by atoms with Crippen molar-refractivity contribution in [1.29, 1.82) is 0 Å². The van der Waals surface area contributed by atoms with E-state index >= 15 is 0 Å². The molecule has 0 heterocycles. The second-order valence-electron chi connectivity index (χ2n) is 4.55. The summed E-state index contributed by atoms with van der Waals surface area (Å²) in [6, 6.07) is 9.22. The minimum Gasteiger partial charge on any atom is -0.310 e. The van der Waals surface area contributed by atoms with Crippen molar-refractivity contribution in [3.8, 4) is 0 Å². The van der Waals surface area contributed by atoms with Crippen molar-refractivity contribution in [2.75, 3.05) is 6.54 Å². The maximum Gasteiger partial charge on any atom is 0.0302 e. The van der Waals surface area contributed by atoms with E-state index in [9.17, 15) is 0 Å². The van der Waals surface area contributed by atoms with Crippen molar-refractivity contribution in [3.63, 3.8) is 0 Å². The number of hydrogen-bond donors (Lipinski definition) is 1. The lowest BCUT2D eigenvalue weighted by atomic mass is 10.1. The Kier molecular flexibility index (Phi) is 6.68. The van der Waals surface area contributed by atoms with Gasteiger partial charge in [-0.1, -0.05) is 39.0 Å². The summed E-state index contributed by atoms with van der Waals surface area (Å²) in [6.07, 6.45) is 2.40. The lowest BCUT2D eigenvalue weighted by molar-refractivity contribution is 0.563. The smallest absolute Gasteiger partial charge is 0.0302 e. The zero-order valence-corrected chi connectivity index (χ0v) is 12.3. The van der Waals surface area contributed by atoms with Crippen molar-refractivity contribution in [3.05, 3.63) is 29.8 Å². The van der Waals surface area contributed by atoms with Crippen molar-refractivity contribution >= 4 is 11.8 Å². The van der Waals surface area contributed by atoms with Crippen LogP contribution >= 0.6 is 11.8 Å². The Bertz CT molecular complexity index is 324. The van der Waals surface area contributed by atoms with E-state index in [1.165, 1.54) is 23.3 Å². The molecule has 0 aliphatic carbocycles. The van der Waals surface area contributed by atoms with Gasteiger partial charge in [0.2, 0.25) is 0 Å². The predicted octanol–water partition coefficient (Wildman–Crippen LogP) is 4.64. The number of benzene rings is 1. The average Bonchev–Trinajstić information content (AvgIpc) is 2.36. The van der Waals surface area contributed by atoms with E-state index < -0.39 is 0 Å². The Morgan fingerprint density at radius 3 is 2.53 bits per heavy atom. The molecule has 2 heteroatoms. The van der Waals surface area contributed by atoms with Crippen LogP contribution in [-0.2, 0) is 0 Å². The zero-order chi connectivity index (χ0) is 12.7. The molecule has 0 fully saturated rings. The van der Waals surface area contributed by atoms with Crippen LogP contribution in [-0.4, -0.2) is 11.8 Å². The topological polar surface area (TPSA) is 12.0 Å². The van der Waals surface area contributed by atoms with Crippen molar-refractivity contribution in [1.82, 2.24) is 5.32 Å². The minimum atomic E-state index is 0.447. The molecule has 0 aliphatic rings. The van der Waals surface area contributed by atoms with Gasteiger partial charge in [0, 0.05) is 16.2 Å². The third-order valence-corrected chi connectivity index (χ3v) is 4.35. The maximum absolute atomic E-state index is 3.57. The van der Waals surface area contributed by atoms with E-state index in [4.69, 9.17) is 0 Å². The molecule has 0 saturated carbocycles. The summed E-state index contributed by atoms with van der Waals surface area (Å²) in [5.74, 6) is 0. The molecule has 1 aromatic rings. The molecule has 1 aromatic carbocycles. The van der Waals surface area contributed by atoms with Gasteiger partial charge in [0.15, 0.2) is 0 Å². The molecule has 0 spiro atoms. The molecule has 1 N–H and O–H groups in total. The van der Waals surface area contributed by atoms with E-state index in [0.29, 0.717) is 11.3 Å². The summed E-state index contributed by atoms with van der Waals surface area (Å²) in [7, 11) is 0. The first-order valence-corrected chi connectivity index (χ1v) is 7.55. The van der Waals surface area contributed by atoms with Crippen LogP contribution in [0.4, 0.5) is 0 Å². The van der Waals surface area contributed by atoms with Crippen LogP contribution in [0, 0.1) is 0 Å². The molecule has 1 nitrogen and oxygen atoms in total. The highest BCUT2D eigenvalue weighted by Crippen LogP contribution is 2.31. The SMILES string of the molecule is CCCNC(C)c1ccccc1SC(C)CC. The monoisotopic (exact) mass is 251 g/mol. The predicted molar refractivity (Wildman–Crippen MR) is 78.8 cm³/mol. The minimum absolute atomic E-state index is 0.447. The van der Waals surface area contributed by atoms with Gasteiger partial charge in [0.1, 0.15) is 0 Å². The Balaban J connectivity index is 2.76. The highest BCUT2D eigenvalue weighted by atomic mass is 32.2. The van der Waals surface area contributed by atoms with Gasteiger partial charge >= 0.3 is 0 Å². The van der Waals surface area contributed by atoms with Gasteiger partial charge in [0.05, 0.1) is 0 Å². The van der Waals surface area contributed by atoms with Crippen LogP contribution in [0.15, 0.2) is 29.2 Å². The summed E-state index contributed by atoms with van der Waals surface area (Å²) < 4.78 is 0. The van der Waals surface area contributed by atoms with Gasteiger partial charge < -0.3 is 5.32 Å². The third-order valence-electron chi connectivity index (χ3n) is 2.99. The summed E-state index contributed by atoms with van der Waals surface area (Å²) in [4.78, 5) is 1.43. The van der Waals surface area contributed by atoms with E-state index in [2.05, 4.69) is 57.3 Å². The lowest BCUT2D eigenvalue weighted by Gasteiger charge is -2.19. The van der Waals surface area contributed by atoms with E-state index in [0.717, 1.165) is 6.54 Å². The molecule has 2 atom stereocenters. The summed E-state index contributed by atoms with van der Waals surface area (Å²) in [5, 5.41) is 4.26. The molecule has 0 bridgehead atoms. The van der Waals surface area contributed by atoms with Crippen LogP contribution in [0.3, 0.4) is 0 Å². The van der Waals surface area contributed by atoms with Gasteiger partial charge in [-0.15, -0.1) is 11.8 Å². The third kappa shape index (κ3) is 4.72. The van der Waals surface area contributed by atoms with Crippen LogP contribution in [0.25, 0.3) is 0 Å². The molecule has 96 valence electrons. The molecule has 0 radical (unpaired) electrons. The van der Waals surface area contributed by atoms with Crippen LogP contribution in [0.5, 0.6) is 0 Å². The molecular weight excluding hydrogens is 226 g/mol. The Morgan fingerprint density at radius 2 is 1.88 bits per heavy atom. The molecular formula is C15H25NS. The standard InChI is InChI=1S/C15H25NS/c1-5-11-16-13(4)14-9-7-8-10-15(14)17-12(3)6-2/h7-10,12-13,16H,5-6,11H2,1-4H3. The van der Waals surface area contributed by atoms with Crippen molar-refractivity contribution < 1.29 is 0 Å². The molecule has 1 rings (SSSR count). The Hall–Kier alpha value is -0.470. The van der Waals surface area contributed by atoms with E-state index in [1.807, 2.05) is 11.8 Å². The highest BCUT2D eigenvalue weighted by molar-refractivity contribution is 8.00. The second kappa shape index (κ2) is 7.78. The molecule has 0 aliphatic heterocycles. The molecule has 0 saturated heterocycles. The number of rotatable bonds is 7. The molecule has 17 heavy (non-hydrogen) atoms. The molecule has 0 aromatic heterocycles. The normalized spacial score (nSPS) is 14.6. The summed E-state index contributed by atoms with van der Waals surface area (Å²) in [5.41, 5.74) is 1.44. The van der Waals surface area contributed by atoms with E-state index in [1.54, 1.807) is 0 Å². The quantitative estimate of drug-likeness (QED) is 0.709. The first kappa shape index (κ1) is 14.6. The fourth-order valence-corrected chi connectivity index (χ4v) is 2.85. The largest absolute Gasteiger partial charge is 0.310 e. The van der Waals surface area contributed by atoms with Crippen LogP contribution in [0.2, 0.25) is 0 Å². The van der Waals surface area contributed by atoms with Gasteiger partial charge in [-0.25, -0.2) is 0 Å². The first-order valence-electron chi connectivity index (χ1n) is 6.68. The number of thioether (sulfide) groups is 1. The van der Waals surface area contributed by atoms with Gasteiger partial charge in [-0.3, -0.25) is 0 Å². The highest BCUT2D eigenvalue weighted by Gasteiger charge is 2.11. The Morgan fingerprint density at radius 1 is 1.18 bits per heavy atom. The van der Waals surface area contributed by atoms with Gasteiger partial charge in [-0.05, 0) is 37.9 Å². The van der Waals surface area contributed by atoms with E-state index in [-0.39, 0.29) is 0 Å². The van der Waals surface area contributed by atoms with Crippen molar-refractivity contribution in [2.24, 2.45) is 0 Å². The van der Waals surface area contributed by atoms with Gasteiger partial charge in [0.25, 0.3) is 0 Å². The first-order chi connectivity index (χ1) is 8.19. The molecule has 0 amide bonds. The zero-order valence-electron chi connectivity index (χ0n) is 11.5. The Labute approximate surface area is 110 Å².